The molecule has 1 aromatic carbocycles. The van der Waals surface area contributed by atoms with Crippen molar-refractivity contribution in [3.05, 3.63) is 63.9 Å². The molecule has 0 spiro atoms. The molecule has 5 heteroatoms. The lowest BCUT2D eigenvalue weighted by atomic mass is 10.0. The quantitative estimate of drug-likeness (QED) is 0.844. The van der Waals surface area contributed by atoms with Gasteiger partial charge in [-0.25, -0.2) is 8.78 Å². The molecule has 1 atom stereocenters. The maximum atomic E-state index is 13.8. The number of rotatable bonds is 5. The van der Waals surface area contributed by atoms with E-state index in [-0.39, 0.29) is 22.5 Å². The third-order valence-electron chi connectivity index (χ3n) is 3.10. The fourth-order valence-corrected chi connectivity index (χ4v) is 2.37. The summed E-state index contributed by atoms with van der Waals surface area (Å²) in [6.45, 7) is 0. The summed E-state index contributed by atoms with van der Waals surface area (Å²) < 4.78 is 27.7. The third-order valence-corrected chi connectivity index (χ3v) is 3.72. The molecule has 0 aliphatic carbocycles. The van der Waals surface area contributed by atoms with Gasteiger partial charge in [-0.15, -0.1) is 0 Å². The smallest absolute Gasteiger partial charge is 0.143 e. The van der Waals surface area contributed by atoms with Crippen LogP contribution in [0.3, 0.4) is 0 Å². The first-order chi connectivity index (χ1) is 9.58. The number of aryl methyl sites for hydroxylation is 1. The van der Waals surface area contributed by atoms with Crippen LogP contribution in [0.25, 0.3) is 0 Å². The number of aromatic nitrogens is 1. The Morgan fingerprint density at radius 3 is 2.70 bits per heavy atom. The average Bonchev–Trinajstić information content (AvgIpc) is 2.46. The van der Waals surface area contributed by atoms with Gasteiger partial charge in [-0.2, -0.15) is 0 Å². The summed E-state index contributed by atoms with van der Waals surface area (Å²) in [4.78, 5) is 4.20. The highest BCUT2D eigenvalue weighted by atomic mass is 79.9. The second-order valence-corrected chi connectivity index (χ2v) is 5.50. The van der Waals surface area contributed by atoms with E-state index in [4.69, 9.17) is 5.73 Å². The van der Waals surface area contributed by atoms with Gasteiger partial charge in [-0.05, 0) is 59.5 Å². The van der Waals surface area contributed by atoms with Crippen LogP contribution in [0.5, 0.6) is 0 Å². The molecule has 106 valence electrons. The molecule has 0 aliphatic heterocycles. The van der Waals surface area contributed by atoms with Gasteiger partial charge in [-0.3, -0.25) is 4.98 Å². The van der Waals surface area contributed by atoms with Gasteiger partial charge in [0.1, 0.15) is 11.6 Å². The second kappa shape index (κ2) is 6.90. The Labute approximate surface area is 125 Å². The Morgan fingerprint density at radius 2 is 2.00 bits per heavy atom. The normalized spacial score (nSPS) is 12.4. The van der Waals surface area contributed by atoms with Gasteiger partial charge in [0.05, 0.1) is 4.47 Å². The van der Waals surface area contributed by atoms with Gasteiger partial charge in [0, 0.05) is 23.5 Å². The lowest BCUT2D eigenvalue weighted by Gasteiger charge is -2.13. The zero-order chi connectivity index (χ0) is 14.5. The first kappa shape index (κ1) is 15.1. The summed E-state index contributed by atoms with van der Waals surface area (Å²) in [6.07, 6.45) is 3.21. The van der Waals surface area contributed by atoms with E-state index in [9.17, 15) is 8.78 Å². The Balaban J connectivity index is 1.98. The third kappa shape index (κ3) is 3.84. The summed E-state index contributed by atoms with van der Waals surface area (Å²) in [5.41, 5.74) is 6.93. The first-order valence-corrected chi connectivity index (χ1v) is 7.15. The maximum Gasteiger partial charge on any atom is 0.143 e. The number of nitrogens with zero attached hydrogens (tertiary/aromatic N) is 1. The van der Waals surface area contributed by atoms with Crippen LogP contribution in [-0.2, 0) is 12.8 Å². The van der Waals surface area contributed by atoms with Crippen molar-refractivity contribution in [3.8, 4) is 0 Å². The minimum Gasteiger partial charge on any atom is -0.327 e. The van der Waals surface area contributed by atoms with E-state index in [2.05, 4.69) is 20.9 Å². The molecule has 2 rings (SSSR count). The van der Waals surface area contributed by atoms with Gasteiger partial charge in [0.25, 0.3) is 0 Å². The van der Waals surface area contributed by atoms with Crippen molar-refractivity contribution in [2.45, 2.75) is 25.3 Å². The van der Waals surface area contributed by atoms with Gasteiger partial charge in [0.15, 0.2) is 0 Å². The molecular formula is C15H15BrF2N2. The molecule has 0 bridgehead atoms. The molecule has 2 N–H and O–H groups in total. The first-order valence-electron chi connectivity index (χ1n) is 6.36. The zero-order valence-electron chi connectivity index (χ0n) is 10.8. The van der Waals surface area contributed by atoms with E-state index in [0.29, 0.717) is 12.8 Å². The highest BCUT2D eigenvalue weighted by Gasteiger charge is 2.15. The van der Waals surface area contributed by atoms with E-state index in [0.717, 1.165) is 5.69 Å². The van der Waals surface area contributed by atoms with E-state index in [1.54, 1.807) is 6.20 Å². The molecule has 0 radical (unpaired) electrons. The molecule has 0 amide bonds. The number of halogens is 3. The van der Waals surface area contributed by atoms with Crippen molar-refractivity contribution in [2.24, 2.45) is 5.73 Å². The average molecular weight is 341 g/mol. The minimum atomic E-state index is -0.571. The Bertz CT molecular complexity index is 576. The van der Waals surface area contributed by atoms with Crippen LogP contribution in [-0.4, -0.2) is 11.0 Å². The summed E-state index contributed by atoms with van der Waals surface area (Å²) >= 11 is 3.05. The van der Waals surface area contributed by atoms with Crippen LogP contribution >= 0.6 is 15.9 Å². The molecule has 0 saturated heterocycles. The van der Waals surface area contributed by atoms with Crippen LogP contribution in [0, 0.1) is 11.6 Å². The molecule has 1 heterocycles. The van der Waals surface area contributed by atoms with Crippen molar-refractivity contribution < 1.29 is 8.78 Å². The van der Waals surface area contributed by atoms with Crippen molar-refractivity contribution in [2.75, 3.05) is 0 Å². The van der Waals surface area contributed by atoms with Crippen molar-refractivity contribution >= 4 is 15.9 Å². The lowest BCUT2D eigenvalue weighted by Crippen LogP contribution is -2.25. The number of hydrogen-bond acceptors (Lipinski definition) is 2. The number of hydrogen-bond donors (Lipinski definition) is 1. The van der Waals surface area contributed by atoms with Crippen molar-refractivity contribution in [3.63, 3.8) is 0 Å². The molecular weight excluding hydrogens is 326 g/mol. The largest absolute Gasteiger partial charge is 0.327 e. The minimum absolute atomic E-state index is 0.0351. The molecule has 0 aliphatic rings. The molecule has 1 unspecified atom stereocenters. The fourth-order valence-electron chi connectivity index (χ4n) is 2.00. The van der Waals surface area contributed by atoms with E-state index in [1.165, 1.54) is 12.1 Å². The zero-order valence-corrected chi connectivity index (χ0v) is 12.4. The molecule has 20 heavy (non-hydrogen) atoms. The molecule has 2 nitrogen and oxygen atoms in total. The van der Waals surface area contributed by atoms with Crippen LogP contribution in [0.2, 0.25) is 0 Å². The monoisotopic (exact) mass is 340 g/mol. The predicted molar refractivity (Wildman–Crippen MR) is 78.3 cm³/mol. The summed E-state index contributed by atoms with van der Waals surface area (Å²) in [6, 6.07) is 7.95. The van der Waals surface area contributed by atoms with Gasteiger partial charge >= 0.3 is 0 Å². The number of nitrogens with two attached hydrogens (primary N) is 1. The Morgan fingerprint density at radius 1 is 1.20 bits per heavy atom. The van der Waals surface area contributed by atoms with Crippen LogP contribution < -0.4 is 5.73 Å². The van der Waals surface area contributed by atoms with Crippen LogP contribution in [0.4, 0.5) is 8.78 Å². The van der Waals surface area contributed by atoms with Gasteiger partial charge in [-0.1, -0.05) is 6.07 Å². The maximum absolute atomic E-state index is 13.8. The van der Waals surface area contributed by atoms with Gasteiger partial charge in [0.2, 0.25) is 0 Å². The summed E-state index contributed by atoms with van der Waals surface area (Å²) in [5, 5.41) is 0. The topological polar surface area (TPSA) is 38.9 Å². The van der Waals surface area contributed by atoms with E-state index in [1.807, 2.05) is 18.2 Å². The van der Waals surface area contributed by atoms with Crippen LogP contribution in [0.15, 0.2) is 41.0 Å². The summed E-state index contributed by atoms with van der Waals surface area (Å²) in [7, 11) is 0. The predicted octanol–water partition coefficient (Wildman–Crippen LogP) is 3.62. The Kier molecular flexibility index (Phi) is 5.20. The molecule has 2 aromatic rings. The molecule has 0 saturated carbocycles. The molecule has 1 aromatic heterocycles. The van der Waals surface area contributed by atoms with Crippen LogP contribution in [0.1, 0.15) is 17.7 Å². The number of pyridine rings is 1. The van der Waals surface area contributed by atoms with E-state index >= 15 is 0 Å². The Hall–Kier alpha value is -1.33. The highest BCUT2D eigenvalue weighted by Crippen LogP contribution is 2.23. The SMILES string of the molecule is NC(CCc1ccccn1)Cc1c(F)ccc(Br)c1F. The standard InChI is InChI=1S/C15H15BrF2N2/c16-13-6-7-14(17)12(15(13)18)9-10(19)4-5-11-3-1-2-8-20-11/h1-3,6-8,10H,4-5,9,19H2. The number of benzene rings is 1. The lowest BCUT2D eigenvalue weighted by molar-refractivity contribution is 0.519. The summed E-state index contributed by atoms with van der Waals surface area (Å²) in [5.74, 6) is -1.13. The second-order valence-electron chi connectivity index (χ2n) is 4.65. The molecule has 0 fully saturated rings. The fraction of sp³-hybridized carbons (Fsp3) is 0.267. The highest BCUT2D eigenvalue weighted by molar-refractivity contribution is 9.10. The van der Waals surface area contributed by atoms with Gasteiger partial charge < -0.3 is 5.73 Å². The van der Waals surface area contributed by atoms with Crippen molar-refractivity contribution in [1.29, 1.82) is 0 Å². The van der Waals surface area contributed by atoms with Crippen molar-refractivity contribution in [1.82, 2.24) is 4.98 Å². The van der Waals surface area contributed by atoms with E-state index < -0.39 is 11.6 Å².